The van der Waals surface area contributed by atoms with Crippen molar-refractivity contribution in [3.63, 3.8) is 0 Å². The number of hydrogen-bond acceptors (Lipinski definition) is 7. The summed E-state index contributed by atoms with van der Waals surface area (Å²) in [5.41, 5.74) is 2.61. The lowest BCUT2D eigenvalue weighted by Gasteiger charge is -2.09. The van der Waals surface area contributed by atoms with Crippen LogP contribution in [0, 0.1) is 25.2 Å². The van der Waals surface area contributed by atoms with Crippen molar-refractivity contribution < 1.29 is 9.26 Å². The van der Waals surface area contributed by atoms with Crippen molar-refractivity contribution in [1.82, 2.24) is 20.3 Å². The molecule has 0 aliphatic carbocycles. The van der Waals surface area contributed by atoms with Gasteiger partial charge in [0.15, 0.2) is 0 Å². The SMILES string of the molecule is CCCCc1nc(-c2cccc(Oc3nnc(C)c(C)c3C#N)c2)no1. The van der Waals surface area contributed by atoms with Gasteiger partial charge in [-0.05, 0) is 38.0 Å². The summed E-state index contributed by atoms with van der Waals surface area (Å²) in [7, 11) is 0. The lowest BCUT2D eigenvalue weighted by atomic mass is 10.1. The molecule has 1 aromatic carbocycles. The number of aryl methyl sites for hydroxylation is 2. The van der Waals surface area contributed by atoms with Gasteiger partial charge in [0.05, 0.1) is 5.69 Å². The molecule has 2 heterocycles. The van der Waals surface area contributed by atoms with E-state index in [0.717, 1.165) is 30.4 Å². The van der Waals surface area contributed by atoms with Gasteiger partial charge in [-0.25, -0.2) is 0 Å². The van der Waals surface area contributed by atoms with Gasteiger partial charge >= 0.3 is 0 Å². The average Bonchev–Trinajstić information content (AvgIpc) is 3.13. The minimum Gasteiger partial charge on any atom is -0.437 e. The third-order valence-electron chi connectivity index (χ3n) is 4.05. The largest absolute Gasteiger partial charge is 0.437 e. The highest BCUT2D eigenvalue weighted by atomic mass is 16.5. The number of rotatable bonds is 6. The van der Waals surface area contributed by atoms with E-state index in [2.05, 4.69) is 33.3 Å². The Bertz CT molecular complexity index is 959. The van der Waals surface area contributed by atoms with Gasteiger partial charge in [0, 0.05) is 12.0 Å². The Kier molecular flexibility index (Phi) is 5.23. The minimum absolute atomic E-state index is 0.185. The summed E-state index contributed by atoms with van der Waals surface area (Å²) in [4.78, 5) is 4.41. The molecule has 0 spiro atoms. The molecule has 0 N–H and O–H groups in total. The van der Waals surface area contributed by atoms with E-state index in [0.29, 0.717) is 28.7 Å². The van der Waals surface area contributed by atoms with Crippen molar-refractivity contribution in [2.45, 2.75) is 40.0 Å². The monoisotopic (exact) mass is 349 g/mol. The Morgan fingerprint density at radius 3 is 2.85 bits per heavy atom. The molecule has 0 bridgehead atoms. The molecule has 0 radical (unpaired) electrons. The van der Waals surface area contributed by atoms with Gasteiger partial charge in [0.25, 0.3) is 5.88 Å². The molecule has 2 aromatic heterocycles. The Labute approximate surface area is 151 Å². The number of nitriles is 1. The smallest absolute Gasteiger partial charge is 0.257 e. The van der Waals surface area contributed by atoms with Crippen LogP contribution in [0.2, 0.25) is 0 Å². The summed E-state index contributed by atoms with van der Waals surface area (Å²) in [6, 6.07) is 9.39. The maximum atomic E-state index is 9.38. The van der Waals surface area contributed by atoms with E-state index in [4.69, 9.17) is 9.26 Å². The molecule has 0 aliphatic heterocycles. The summed E-state index contributed by atoms with van der Waals surface area (Å²) in [5, 5.41) is 21.4. The first-order chi connectivity index (χ1) is 12.6. The van der Waals surface area contributed by atoms with Crippen LogP contribution in [0.5, 0.6) is 11.6 Å². The first kappa shape index (κ1) is 17.5. The van der Waals surface area contributed by atoms with Crippen LogP contribution in [0.25, 0.3) is 11.4 Å². The van der Waals surface area contributed by atoms with Gasteiger partial charge in [-0.2, -0.15) is 15.3 Å². The molecule has 0 aliphatic rings. The van der Waals surface area contributed by atoms with Gasteiger partial charge in [-0.1, -0.05) is 30.6 Å². The van der Waals surface area contributed by atoms with E-state index in [9.17, 15) is 5.26 Å². The summed E-state index contributed by atoms with van der Waals surface area (Å²) < 4.78 is 11.1. The third kappa shape index (κ3) is 3.70. The van der Waals surface area contributed by atoms with E-state index in [-0.39, 0.29) is 5.88 Å². The summed E-state index contributed by atoms with van der Waals surface area (Å²) >= 11 is 0. The van der Waals surface area contributed by atoms with Crippen LogP contribution in [-0.4, -0.2) is 20.3 Å². The highest BCUT2D eigenvalue weighted by molar-refractivity contribution is 5.57. The molecule has 3 aromatic rings. The van der Waals surface area contributed by atoms with Crippen LogP contribution in [-0.2, 0) is 6.42 Å². The first-order valence-corrected chi connectivity index (χ1v) is 8.47. The zero-order chi connectivity index (χ0) is 18.5. The molecule has 3 rings (SSSR count). The lowest BCUT2D eigenvalue weighted by Crippen LogP contribution is -2.00. The molecule has 0 amide bonds. The van der Waals surface area contributed by atoms with Gasteiger partial charge in [0.2, 0.25) is 11.7 Å². The second-order valence-corrected chi connectivity index (χ2v) is 5.95. The summed E-state index contributed by atoms with van der Waals surface area (Å²) in [5.74, 6) is 1.84. The van der Waals surface area contributed by atoms with E-state index < -0.39 is 0 Å². The van der Waals surface area contributed by atoms with Crippen LogP contribution in [0.4, 0.5) is 0 Å². The van der Waals surface area contributed by atoms with E-state index in [1.807, 2.05) is 19.1 Å². The van der Waals surface area contributed by atoms with Crippen LogP contribution in [0.15, 0.2) is 28.8 Å². The maximum absolute atomic E-state index is 9.38. The topological polar surface area (TPSA) is 97.7 Å². The third-order valence-corrected chi connectivity index (χ3v) is 4.05. The number of benzene rings is 1. The number of aromatic nitrogens is 4. The van der Waals surface area contributed by atoms with Crippen LogP contribution in [0.1, 0.15) is 42.5 Å². The molecular weight excluding hydrogens is 330 g/mol. The van der Waals surface area contributed by atoms with Gasteiger partial charge < -0.3 is 9.26 Å². The Morgan fingerprint density at radius 1 is 1.23 bits per heavy atom. The van der Waals surface area contributed by atoms with E-state index in [1.54, 1.807) is 19.1 Å². The number of hydrogen-bond donors (Lipinski definition) is 0. The fourth-order valence-corrected chi connectivity index (χ4v) is 2.40. The zero-order valence-electron chi connectivity index (χ0n) is 15.0. The van der Waals surface area contributed by atoms with Crippen molar-refractivity contribution in [1.29, 1.82) is 5.26 Å². The molecule has 132 valence electrons. The molecule has 0 atom stereocenters. The fraction of sp³-hybridized carbons (Fsp3) is 0.316. The predicted molar refractivity (Wildman–Crippen MR) is 94.6 cm³/mol. The number of unbranched alkanes of at least 4 members (excludes halogenated alkanes) is 1. The zero-order valence-corrected chi connectivity index (χ0v) is 15.0. The van der Waals surface area contributed by atoms with Gasteiger partial charge in [-0.15, -0.1) is 5.10 Å². The van der Waals surface area contributed by atoms with Crippen LogP contribution >= 0.6 is 0 Å². The van der Waals surface area contributed by atoms with Crippen LogP contribution in [0.3, 0.4) is 0 Å². The molecule has 7 heteroatoms. The van der Waals surface area contributed by atoms with E-state index in [1.165, 1.54) is 0 Å². The molecule has 0 unspecified atom stereocenters. The highest BCUT2D eigenvalue weighted by Crippen LogP contribution is 2.28. The van der Waals surface area contributed by atoms with E-state index >= 15 is 0 Å². The van der Waals surface area contributed by atoms with Crippen LogP contribution < -0.4 is 4.74 Å². The Hall–Kier alpha value is -3.27. The quantitative estimate of drug-likeness (QED) is 0.659. The molecule has 26 heavy (non-hydrogen) atoms. The molecular formula is C19H19N5O2. The Morgan fingerprint density at radius 2 is 2.08 bits per heavy atom. The van der Waals surface area contributed by atoms with Crippen molar-refractivity contribution >= 4 is 0 Å². The first-order valence-electron chi connectivity index (χ1n) is 8.47. The molecule has 0 saturated heterocycles. The number of nitrogens with zero attached hydrogens (tertiary/aromatic N) is 5. The Balaban J connectivity index is 1.86. The second kappa shape index (κ2) is 7.74. The fourth-order valence-electron chi connectivity index (χ4n) is 2.40. The van der Waals surface area contributed by atoms with Gasteiger partial charge in [-0.3, -0.25) is 0 Å². The van der Waals surface area contributed by atoms with Crippen molar-refractivity contribution in [3.8, 4) is 29.1 Å². The maximum Gasteiger partial charge on any atom is 0.257 e. The van der Waals surface area contributed by atoms with Crippen molar-refractivity contribution in [2.75, 3.05) is 0 Å². The molecule has 7 nitrogen and oxygen atoms in total. The molecule has 0 fully saturated rings. The summed E-state index contributed by atoms with van der Waals surface area (Å²) in [6.07, 6.45) is 2.84. The second-order valence-electron chi connectivity index (χ2n) is 5.95. The van der Waals surface area contributed by atoms with Crippen molar-refractivity contribution in [3.05, 3.63) is 47.0 Å². The normalized spacial score (nSPS) is 10.5. The average molecular weight is 349 g/mol. The number of ether oxygens (including phenoxy) is 1. The standard InChI is InChI=1S/C19H19N5O2/c1-4-5-9-17-21-18(24-26-17)14-7-6-8-15(10-14)25-19-16(11-20)12(2)13(3)22-23-19/h6-8,10H,4-5,9H2,1-3H3. The minimum atomic E-state index is 0.185. The van der Waals surface area contributed by atoms with Gasteiger partial charge in [0.1, 0.15) is 17.4 Å². The lowest BCUT2D eigenvalue weighted by molar-refractivity contribution is 0.375. The van der Waals surface area contributed by atoms with Crippen molar-refractivity contribution in [2.24, 2.45) is 0 Å². The molecule has 0 saturated carbocycles. The summed E-state index contributed by atoms with van der Waals surface area (Å²) in [6.45, 7) is 5.74. The highest BCUT2D eigenvalue weighted by Gasteiger charge is 2.14. The predicted octanol–water partition coefficient (Wildman–Crippen LogP) is 4.15.